The number of carboxylic acids is 1. The van der Waals surface area contributed by atoms with Crippen molar-refractivity contribution in [3.8, 4) is 10.6 Å². The van der Waals surface area contributed by atoms with Gasteiger partial charge in [0.15, 0.2) is 6.04 Å². The number of nitrogens with zero attached hydrogens (tertiary/aromatic N) is 1. The molecule has 1 aromatic carbocycles. The molecule has 0 radical (unpaired) electrons. The Hall–Kier alpha value is -2.25. The van der Waals surface area contributed by atoms with E-state index >= 15 is 0 Å². The van der Waals surface area contributed by atoms with Crippen LogP contribution in [0.1, 0.15) is 18.2 Å². The van der Waals surface area contributed by atoms with Gasteiger partial charge in [-0.25, -0.2) is 9.78 Å². The lowest BCUT2D eigenvalue weighted by atomic mass is 10.1. The Kier molecular flexibility index (Phi) is 6.45. The molecule has 1 amide bonds. The summed E-state index contributed by atoms with van der Waals surface area (Å²) in [4.78, 5) is 27.4. The highest BCUT2D eigenvalue weighted by atomic mass is 32.1. The van der Waals surface area contributed by atoms with Crippen molar-refractivity contribution in [3.05, 3.63) is 40.9 Å². The number of carbonyl (C=O) groups excluding carboxylic acids is 1. The number of carboxylic acid groups (broad SMARTS) is 1. The minimum absolute atomic E-state index is 0.0387. The number of aryl methyl sites for hydroxylation is 1. The smallest absolute Gasteiger partial charge is 0.328 e. The highest BCUT2D eigenvalue weighted by Gasteiger charge is 2.20. The van der Waals surface area contributed by atoms with Gasteiger partial charge in [-0.15, -0.1) is 11.3 Å². The molecule has 0 saturated heterocycles. The van der Waals surface area contributed by atoms with E-state index in [0.717, 1.165) is 17.0 Å². The Morgan fingerprint density at radius 3 is 2.62 bits per heavy atom. The molecule has 0 saturated carbocycles. The van der Waals surface area contributed by atoms with Crippen molar-refractivity contribution in [1.82, 2.24) is 10.3 Å². The van der Waals surface area contributed by atoms with E-state index in [1.54, 1.807) is 0 Å². The van der Waals surface area contributed by atoms with E-state index in [2.05, 4.69) is 29.4 Å². The number of nitrogens with one attached hydrogen (secondary N) is 1. The van der Waals surface area contributed by atoms with Gasteiger partial charge in [-0.3, -0.25) is 4.79 Å². The molecule has 1 heterocycles. The number of benzene rings is 1. The first-order chi connectivity index (χ1) is 11.5. The number of ether oxygens (including phenoxy) is 1. The number of methoxy groups -OCH3 is 1. The monoisotopic (exact) mass is 348 g/mol. The van der Waals surface area contributed by atoms with Crippen LogP contribution < -0.4 is 5.32 Å². The Balaban J connectivity index is 1.99. The topological polar surface area (TPSA) is 88.5 Å². The molecule has 6 nitrogen and oxygen atoms in total. The third-order valence-electron chi connectivity index (χ3n) is 3.47. The fraction of sp³-hybridized carbons (Fsp3) is 0.353. The Labute approximate surface area is 144 Å². The fourth-order valence-electron chi connectivity index (χ4n) is 2.16. The molecule has 1 atom stereocenters. The average molecular weight is 348 g/mol. The van der Waals surface area contributed by atoms with Crippen LogP contribution in [0.4, 0.5) is 0 Å². The molecule has 0 aliphatic carbocycles. The van der Waals surface area contributed by atoms with E-state index in [9.17, 15) is 9.59 Å². The Morgan fingerprint density at radius 1 is 1.33 bits per heavy atom. The average Bonchev–Trinajstić information content (AvgIpc) is 3.02. The number of thiazole rings is 1. The van der Waals surface area contributed by atoms with Gasteiger partial charge in [0.2, 0.25) is 5.91 Å². The van der Waals surface area contributed by atoms with Gasteiger partial charge in [0.25, 0.3) is 0 Å². The minimum atomic E-state index is -1.12. The van der Waals surface area contributed by atoms with Crippen LogP contribution in [0.15, 0.2) is 29.6 Å². The zero-order valence-corrected chi connectivity index (χ0v) is 14.4. The van der Waals surface area contributed by atoms with E-state index in [4.69, 9.17) is 9.84 Å². The van der Waals surface area contributed by atoms with Crippen LogP contribution in [0.3, 0.4) is 0 Å². The maximum Gasteiger partial charge on any atom is 0.328 e. The summed E-state index contributed by atoms with van der Waals surface area (Å²) < 4.78 is 4.79. The second-order valence-electron chi connectivity index (χ2n) is 5.28. The molecule has 128 valence electrons. The molecule has 2 N–H and O–H groups in total. The van der Waals surface area contributed by atoms with E-state index in [0.29, 0.717) is 5.69 Å². The van der Waals surface area contributed by atoms with Gasteiger partial charge in [-0.2, -0.15) is 0 Å². The second kappa shape index (κ2) is 8.56. The van der Waals surface area contributed by atoms with Gasteiger partial charge < -0.3 is 15.2 Å². The summed E-state index contributed by atoms with van der Waals surface area (Å²) in [6, 6.07) is 7.10. The van der Waals surface area contributed by atoms with Crippen molar-refractivity contribution in [3.63, 3.8) is 0 Å². The summed E-state index contributed by atoms with van der Waals surface area (Å²) in [5.74, 6) is -1.52. The van der Waals surface area contributed by atoms with Gasteiger partial charge in [0.05, 0.1) is 18.7 Å². The fourth-order valence-corrected chi connectivity index (χ4v) is 2.98. The lowest BCUT2D eigenvalue weighted by Crippen LogP contribution is -2.44. The minimum Gasteiger partial charge on any atom is -0.480 e. The molecule has 1 aromatic heterocycles. The standard InChI is InChI=1S/C17H20N2O4S/c1-3-11-4-6-12(7-5-11)16-18-13(10-24-16)8-15(20)19-14(9-23-2)17(21)22/h4-7,10,14H,3,8-9H2,1-2H3,(H,19,20)(H,21,22). The Morgan fingerprint density at radius 2 is 2.04 bits per heavy atom. The third-order valence-corrected chi connectivity index (χ3v) is 4.41. The molecule has 0 aliphatic rings. The van der Waals surface area contributed by atoms with E-state index in [1.165, 1.54) is 24.0 Å². The van der Waals surface area contributed by atoms with Crippen LogP contribution in [0.2, 0.25) is 0 Å². The molecule has 2 rings (SSSR count). The number of aliphatic carboxylic acids is 1. The molecule has 1 unspecified atom stereocenters. The van der Waals surface area contributed by atoms with Crippen LogP contribution >= 0.6 is 11.3 Å². The molecule has 0 aliphatic heterocycles. The SMILES string of the molecule is CCc1ccc(-c2nc(CC(=O)NC(COC)C(=O)O)cs2)cc1. The largest absolute Gasteiger partial charge is 0.480 e. The van der Waals surface area contributed by atoms with Crippen molar-refractivity contribution in [1.29, 1.82) is 0 Å². The van der Waals surface area contributed by atoms with Crippen molar-refractivity contribution in [2.75, 3.05) is 13.7 Å². The maximum absolute atomic E-state index is 12.0. The summed E-state index contributed by atoms with van der Waals surface area (Å²) in [7, 11) is 1.39. The van der Waals surface area contributed by atoms with Gasteiger partial charge in [-0.1, -0.05) is 31.2 Å². The Bertz CT molecular complexity index is 697. The van der Waals surface area contributed by atoms with Gasteiger partial charge >= 0.3 is 5.97 Å². The molecule has 0 fully saturated rings. The quantitative estimate of drug-likeness (QED) is 0.763. The number of rotatable bonds is 8. The van der Waals surface area contributed by atoms with E-state index < -0.39 is 17.9 Å². The summed E-state index contributed by atoms with van der Waals surface area (Å²) in [5, 5.41) is 14.1. The summed E-state index contributed by atoms with van der Waals surface area (Å²) in [6.45, 7) is 2.02. The third kappa shape index (κ3) is 4.87. The van der Waals surface area contributed by atoms with E-state index in [-0.39, 0.29) is 13.0 Å². The van der Waals surface area contributed by atoms with Gasteiger partial charge in [-0.05, 0) is 12.0 Å². The predicted octanol–water partition coefficient (Wildman–Crippen LogP) is 2.13. The lowest BCUT2D eigenvalue weighted by molar-refractivity contribution is -0.143. The molecule has 2 aromatic rings. The zero-order valence-electron chi connectivity index (χ0n) is 13.6. The van der Waals surface area contributed by atoms with Crippen molar-refractivity contribution >= 4 is 23.2 Å². The normalized spacial score (nSPS) is 11.9. The van der Waals surface area contributed by atoms with Crippen LogP contribution in [-0.2, 0) is 27.2 Å². The number of hydrogen-bond acceptors (Lipinski definition) is 5. The first kappa shape index (κ1) is 18.1. The number of aromatic nitrogens is 1. The lowest BCUT2D eigenvalue weighted by Gasteiger charge is -2.12. The highest BCUT2D eigenvalue weighted by Crippen LogP contribution is 2.24. The number of amides is 1. The molecule has 7 heteroatoms. The molecule has 24 heavy (non-hydrogen) atoms. The molecular weight excluding hydrogens is 328 g/mol. The van der Waals surface area contributed by atoms with Crippen LogP contribution in [0.5, 0.6) is 0 Å². The van der Waals surface area contributed by atoms with Crippen molar-refractivity contribution in [2.24, 2.45) is 0 Å². The number of carbonyl (C=O) groups is 2. The second-order valence-corrected chi connectivity index (χ2v) is 6.14. The van der Waals surface area contributed by atoms with Crippen LogP contribution in [0, 0.1) is 0 Å². The summed E-state index contributed by atoms with van der Waals surface area (Å²) in [6.07, 6.45) is 1.02. The molecule has 0 spiro atoms. The molecular formula is C17H20N2O4S. The van der Waals surface area contributed by atoms with Crippen molar-refractivity contribution in [2.45, 2.75) is 25.8 Å². The van der Waals surface area contributed by atoms with Gasteiger partial charge in [0, 0.05) is 18.1 Å². The van der Waals surface area contributed by atoms with Crippen LogP contribution in [0.25, 0.3) is 10.6 Å². The van der Waals surface area contributed by atoms with Gasteiger partial charge in [0.1, 0.15) is 5.01 Å². The molecule has 0 bridgehead atoms. The summed E-state index contributed by atoms with van der Waals surface area (Å²) >= 11 is 1.46. The highest BCUT2D eigenvalue weighted by molar-refractivity contribution is 7.13. The predicted molar refractivity (Wildman–Crippen MR) is 92.1 cm³/mol. The van der Waals surface area contributed by atoms with Crippen LogP contribution in [-0.4, -0.2) is 41.7 Å². The summed E-state index contributed by atoms with van der Waals surface area (Å²) in [5.41, 5.74) is 2.88. The first-order valence-corrected chi connectivity index (χ1v) is 8.46. The maximum atomic E-state index is 12.0. The first-order valence-electron chi connectivity index (χ1n) is 7.58. The zero-order chi connectivity index (χ0) is 17.5. The number of hydrogen-bond donors (Lipinski definition) is 2. The van der Waals surface area contributed by atoms with Crippen molar-refractivity contribution < 1.29 is 19.4 Å². The van der Waals surface area contributed by atoms with E-state index in [1.807, 2.05) is 17.5 Å².